The normalized spacial score (nSPS) is 11.5. The number of amides is 1. The van der Waals surface area contributed by atoms with Gasteiger partial charge in [-0.1, -0.05) is 0 Å². The number of ether oxygens (including phenoxy) is 1. The van der Waals surface area contributed by atoms with E-state index in [0.717, 1.165) is 6.07 Å². The van der Waals surface area contributed by atoms with Crippen molar-refractivity contribution in [3.8, 4) is 0 Å². The Balaban J connectivity index is 2.84. The molecule has 0 spiro atoms. The number of halogens is 3. The van der Waals surface area contributed by atoms with Crippen LogP contribution in [0, 0.1) is 6.92 Å². The fourth-order valence-corrected chi connectivity index (χ4v) is 1.70. The van der Waals surface area contributed by atoms with Gasteiger partial charge in [-0.25, -0.2) is 4.98 Å². The van der Waals surface area contributed by atoms with Crippen LogP contribution in [0.1, 0.15) is 28.2 Å². The number of methoxy groups -OCH3 is 1. The summed E-state index contributed by atoms with van der Waals surface area (Å²) in [6.45, 7) is 2.38. The van der Waals surface area contributed by atoms with Crippen molar-refractivity contribution in [3.63, 3.8) is 0 Å². The van der Waals surface area contributed by atoms with E-state index >= 15 is 0 Å². The van der Waals surface area contributed by atoms with Gasteiger partial charge in [0.2, 0.25) is 0 Å². The lowest BCUT2D eigenvalue weighted by Crippen LogP contribution is -2.29. The number of alkyl halides is 3. The third-order valence-corrected chi connectivity index (χ3v) is 2.80. The molecule has 0 fully saturated rings. The van der Waals surface area contributed by atoms with Crippen molar-refractivity contribution >= 4 is 5.91 Å². The van der Waals surface area contributed by atoms with Crippen molar-refractivity contribution in [2.24, 2.45) is 0 Å². The summed E-state index contributed by atoms with van der Waals surface area (Å²) in [5.74, 6) is -0.347. The minimum Gasteiger partial charge on any atom is -0.385 e. The number of aromatic nitrogens is 1. The van der Waals surface area contributed by atoms with Gasteiger partial charge in [-0.05, 0) is 25.5 Å². The number of hydrogen-bond donors (Lipinski definition) is 0. The van der Waals surface area contributed by atoms with Crippen LogP contribution in [-0.2, 0) is 10.9 Å². The Morgan fingerprint density at radius 2 is 2.05 bits per heavy atom. The third kappa shape index (κ3) is 4.19. The lowest BCUT2D eigenvalue weighted by molar-refractivity contribution is -0.141. The zero-order chi connectivity index (χ0) is 15.3. The number of hydrogen-bond acceptors (Lipinski definition) is 3. The molecule has 0 radical (unpaired) electrons. The van der Waals surface area contributed by atoms with Crippen molar-refractivity contribution in [1.82, 2.24) is 9.88 Å². The number of pyridine rings is 1. The molecule has 4 nitrogen and oxygen atoms in total. The maximum Gasteiger partial charge on any atom is 0.433 e. The van der Waals surface area contributed by atoms with E-state index in [4.69, 9.17) is 4.74 Å². The molecule has 7 heteroatoms. The van der Waals surface area contributed by atoms with Gasteiger partial charge in [0.1, 0.15) is 5.69 Å². The summed E-state index contributed by atoms with van der Waals surface area (Å²) in [5.41, 5.74) is -0.741. The zero-order valence-corrected chi connectivity index (χ0v) is 11.6. The van der Waals surface area contributed by atoms with E-state index in [9.17, 15) is 18.0 Å². The highest BCUT2D eigenvalue weighted by molar-refractivity contribution is 5.95. The van der Waals surface area contributed by atoms with E-state index in [1.54, 1.807) is 14.2 Å². The van der Waals surface area contributed by atoms with Crippen molar-refractivity contribution in [2.75, 3.05) is 27.3 Å². The smallest absolute Gasteiger partial charge is 0.385 e. The first-order valence-corrected chi connectivity index (χ1v) is 6.06. The van der Waals surface area contributed by atoms with Crippen LogP contribution in [0.2, 0.25) is 0 Å². The predicted molar refractivity (Wildman–Crippen MR) is 67.4 cm³/mol. The van der Waals surface area contributed by atoms with E-state index in [0.29, 0.717) is 19.6 Å². The topological polar surface area (TPSA) is 42.4 Å². The molecule has 1 aromatic rings. The first kappa shape index (κ1) is 16.4. The van der Waals surface area contributed by atoms with Gasteiger partial charge in [0.15, 0.2) is 0 Å². The highest BCUT2D eigenvalue weighted by atomic mass is 19.4. The summed E-state index contributed by atoms with van der Waals surface area (Å²) in [5, 5.41) is 0. The Labute approximate surface area is 115 Å². The van der Waals surface area contributed by atoms with Gasteiger partial charge in [-0.2, -0.15) is 13.2 Å². The quantitative estimate of drug-likeness (QED) is 0.783. The molecule has 0 N–H and O–H groups in total. The van der Waals surface area contributed by atoms with E-state index in [1.807, 2.05) is 0 Å². The summed E-state index contributed by atoms with van der Waals surface area (Å²) in [4.78, 5) is 17.0. The summed E-state index contributed by atoms with van der Waals surface area (Å²) in [6.07, 6.45) is -3.84. The van der Waals surface area contributed by atoms with Crippen LogP contribution in [-0.4, -0.2) is 43.1 Å². The number of carbonyl (C=O) groups excluding carboxylic acids is 1. The van der Waals surface area contributed by atoms with Gasteiger partial charge in [0.05, 0.1) is 11.3 Å². The molecule has 0 saturated heterocycles. The Kier molecular flexibility index (Phi) is 5.50. The Morgan fingerprint density at radius 1 is 1.40 bits per heavy atom. The molecule has 1 amide bonds. The van der Waals surface area contributed by atoms with E-state index in [2.05, 4.69) is 4.98 Å². The first-order chi connectivity index (χ1) is 9.27. The van der Waals surface area contributed by atoms with Crippen LogP contribution in [0.15, 0.2) is 12.1 Å². The van der Waals surface area contributed by atoms with E-state index in [1.165, 1.54) is 17.9 Å². The van der Waals surface area contributed by atoms with Gasteiger partial charge < -0.3 is 9.64 Å². The van der Waals surface area contributed by atoms with Gasteiger partial charge in [0.25, 0.3) is 5.91 Å². The molecule has 0 aromatic carbocycles. The van der Waals surface area contributed by atoms with Crippen molar-refractivity contribution in [2.45, 2.75) is 19.5 Å². The minimum atomic E-state index is -4.50. The molecular weight excluding hydrogens is 273 g/mol. The second-order valence-corrected chi connectivity index (χ2v) is 4.40. The zero-order valence-electron chi connectivity index (χ0n) is 11.6. The van der Waals surface area contributed by atoms with Crippen LogP contribution in [0.4, 0.5) is 13.2 Å². The standard InChI is InChI=1S/C13H17F3N2O2/c1-9-10(5-6-11(17-9)13(14,15)16)12(19)18(2)7-4-8-20-3/h5-6H,4,7-8H2,1-3H3. The highest BCUT2D eigenvalue weighted by Gasteiger charge is 2.33. The fraction of sp³-hybridized carbons (Fsp3) is 0.538. The summed E-state index contributed by atoms with van der Waals surface area (Å²) in [7, 11) is 3.15. The molecule has 112 valence electrons. The van der Waals surface area contributed by atoms with Crippen LogP contribution in [0.3, 0.4) is 0 Å². The van der Waals surface area contributed by atoms with E-state index < -0.39 is 11.9 Å². The van der Waals surface area contributed by atoms with Crippen LogP contribution >= 0.6 is 0 Å². The molecule has 1 aromatic heterocycles. The maximum absolute atomic E-state index is 12.5. The molecular formula is C13H17F3N2O2. The number of aryl methyl sites for hydroxylation is 1. The molecule has 0 aliphatic carbocycles. The fourth-order valence-electron chi connectivity index (χ4n) is 1.70. The van der Waals surface area contributed by atoms with Crippen LogP contribution < -0.4 is 0 Å². The minimum absolute atomic E-state index is 0.0726. The highest BCUT2D eigenvalue weighted by Crippen LogP contribution is 2.28. The average Bonchev–Trinajstić information content (AvgIpc) is 2.37. The molecule has 0 unspecified atom stereocenters. The maximum atomic E-state index is 12.5. The Morgan fingerprint density at radius 3 is 2.55 bits per heavy atom. The van der Waals surface area contributed by atoms with Gasteiger partial charge >= 0.3 is 6.18 Å². The van der Waals surface area contributed by atoms with E-state index in [-0.39, 0.29) is 17.2 Å². The number of nitrogens with zero attached hydrogens (tertiary/aromatic N) is 2. The molecule has 1 heterocycles. The Hall–Kier alpha value is -1.63. The van der Waals surface area contributed by atoms with Crippen molar-refractivity contribution < 1.29 is 22.7 Å². The summed E-state index contributed by atoms with van der Waals surface area (Å²) in [6, 6.07) is 1.99. The second kappa shape index (κ2) is 6.69. The summed E-state index contributed by atoms with van der Waals surface area (Å²) < 4.78 is 42.4. The number of rotatable bonds is 5. The number of carbonyl (C=O) groups is 1. The summed E-state index contributed by atoms with van der Waals surface area (Å²) >= 11 is 0. The third-order valence-electron chi connectivity index (χ3n) is 2.80. The Bertz CT molecular complexity index is 475. The molecule has 1 rings (SSSR count). The lowest BCUT2D eigenvalue weighted by Gasteiger charge is -2.18. The van der Waals surface area contributed by atoms with Crippen LogP contribution in [0.5, 0.6) is 0 Å². The molecule has 0 bridgehead atoms. The average molecular weight is 290 g/mol. The van der Waals surface area contributed by atoms with Crippen molar-refractivity contribution in [3.05, 3.63) is 29.1 Å². The first-order valence-electron chi connectivity index (χ1n) is 6.06. The monoisotopic (exact) mass is 290 g/mol. The molecule has 20 heavy (non-hydrogen) atoms. The molecule has 0 atom stereocenters. The molecule has 0 saturated carbocycles. The second-order valence-electron chi connectivity index (χ2n) is 4.40. The van der Waals surface area contributed by atoms with Gasteiger partial charge in [-0.15, -0.1) is 0 Å². The SMILES string of the molecule is COCCCN(C)C(=O)c1ccc(C(F)(F)F)nc1C. The van der Waals surface area contributed by atoms with Gasteiger partial charge in [0, 0.05) is 27.3 Å². The van der Waals surface area contributed by atoms with Gasteiger partial charge in [-0.3, -0.25) is 4.79 Å². The lowest BCUT2D eigenvalue weighted by atomic mass is 10.1. The molecule has 0 aliphatic heterocycles. The largest absolute Gasteiger partial charge is 0.433 e. The predicted octanol–water partition coefficient (Wildman–Crippen LogP) is 2.52. The van der Waals surface area contributed by atoms with Crippen LogP contribution in [0.25, 0.3) is 0 Å². The van der Waals surface area contributed by atoms with Crippen molar-refractivity contribution in [1.29, 1.82) is 0 Å². The molecule has 0 aliphatic rings.